The van der Waals surface area contributed by atoms with Crippen LogP contribution in [0.25, 0.3) is 0 Å². The molecule has 0 saturated carbocycles. The zero-order chi connectivity index (χ0) is 13.0. The van der Waals surface area contributed by atoms with Gasteiger partial charge in [-0.2, -0.15) is 0 Å². The summed E-state index contributed by atoms with van der Waals surface area (Å²) in [5.41, 5.74) is 6.14. The fourth-order valence-corrected chi connectivity index (χ4v) is 2.29. The van der Waals surface area contributed by atoms with E-state index >= 15 is 0 Å². The first kappa shape index (κ1) is 14.5. The average molecular weight is 320 g/mol. The highest BCUT2D eigenvalue weighted by atomic mass is 79.9. The van der Waals surface area contributed by atoms with Gasteiger partial charge in [0, 0.05) is 27.6 Å². The predicted molar refractivity (Wildman–Crippen MR) is 74.3 cm³/mol. The van der Waals surface area contributed by atoms with Gasteiger partial charge < -0.3 is 11.1 Å². The quantitative estimate of drug-likeness (QED) is 0.896. The Morgan fingerprint density at radius 3 is 2.59 bits per heavy atom. The van der Waals surface area contributed by atoms with E-state index in [4.69, 9.17) is 17.3 Å². The maximum absolute atomic E-state index is 12.0. The zero-order valence-electron chi connectivity index (χ0n) is 9.84. The van der Waals surface area contributed by atoms with Gasteiger partial charge in [0.1, 0.15) is 0 Å². The van der Waals surface area contributed by atoms with Crippen LogP contribution in [0.5, 0.6) is 0 Å². The molecule has 1 rings (SSSR count). The standard InChI is InChI=1S/C12H16BrClN2O/c1-7(2)11(6-15)16-12(17)8-3-9(13)5-10(14)4-8/h3-5,7,11H,6,15H2,1-2H3,(H,16,17). The van der Waals surface area contributed by atoms with Crippen LogP contribution in [0.3, 0.4) is 0 Å². The van der Waals surface area contributed by atoms with Gasteiger partial charge in [-0.1, -0.05) is 41.4 Å². The van der Waals surface area contributed by atoms with Crippen LogP contribution >= 0.6 is 27.5 Å². The van der Waals surface area contributed by atoms with E-state index in [-0.39, 0.29) is 11.9 Å². The fraction of sp³-hybridized carbons (Fsp3) is 0.417. The van der Waals surface area contributed by atoms with Gasteiger partial charge in [-0.05, 0) is 24.1 Å². The molecule has 0 aliphatic carbocycles. The van der Waals surface area contributed by atoms with Crippen LogP contribution in [-0.4, -0.2) is 18.5 Å². The fourth-order valence-electron chi connectivity index (χ4n) is 1.43. The lowest BCUT2D eigenvalue weighted by molar-refractivity contribution is 0.0927. The van der Waals surface area contributed by atoms with E-state index in [2.05, 4.69) is 21.2 Å². The van der Waals surface area contributed by atoms with Crippen molar-refractivity contribution in [1.29, 1.82) is 0 Å². The van der Waals surface area contributed by atoms with Crippen molar-refractivity contribution < 1.29 is 4.79 Å². The van der Waals surface area contributed by atoms with Crippen molar-refractivity contribution in [3.05, 3.63) is 33.3 Å². The molecule has 0 bridgehead atoms. The monoisotopic (exact) mass is 318 g/mol. The largest absolute Gasteiger partial charge is 0.348 e. The van der Waals surface area contributed by atoms with Crippen LogP contribution in [0.15, 0.2) is 22.7 Å². The number of halogens is 2. The number of rotatable bonds is 4. The van der Waals surface area contributed by atoms with Gasteiger partial charge in [-0.3, -0.25) is 4.79 Å². The first-order valence-corrected chi connectivity index (χ1v) is 6.58. The van der Waals surface area contributed by atoms with Crippen molar-refractivity contribution in [2.45, 2.75) is 19.9 Å². The maximum Gasteiger partial charge on any atom is 0.251 e. The molecule has 0 aliphatic heterocycles. The molecule has 0 fully saturated rings. The second-order valence-electron chi connectivity index (χ2n) is 4.22. The Balaban J connectivity index is 2.82. The molecule has 0 aromatic heterocycles. The highest BCUT2D eigenvalue weighted by Crippen LogP contribution is 2.19. The van der Waals surface area contributed by atoms with Crippen molar-refractivity contribution in [3.63, 3.8) is 0 Å². The molecule has 94 valence electrons. The summed E-state index contributed by atoms with van der Waals surface area (Å²) < 4.78 is 0.781. The number of nitrogens with one attached hydrogen (secondary N) is 1. The van der Waals surface area contributed by atoms with Crippen molar-refractivity contribution >= 4 is 33.4 Å². The summed E-state index contributed by atoms with van der Waals surface area (Å²) in [6, 6.07) is 5.08. The molecule has 1 aromatic carbocycles. The minimum absolute atomic E-state index is 0.0275. The topological polar surface area (TPSA) is 55.1 Å². The van der Waals surface area contributed by atoms with Crippen molar-refractivity contribution in [2.75, 3.05) is 6.54 Å². The molecule has 1 aromatic rings. The Bertz CT molecular complexity index is 389. The Labute approximate surface area is 115 Å². The van der Waals surface area contributed by atoms with Gasteiger partial charge >= 0.3 is 0 Å². The van der Waals surface area contributed by atoms with Gasteiger partial charge in [-0.15, -0.1) is 0 Å². The van der Waals surface area contributed by atoms with Crippen LogP contribution in [0.4, 0.5) is 0 Å². The Hall–Kier alpha value is -0.580. The first-order valence-electron chi connectivity index (χ1n) is 5.41. The molecule has 17 heavy (non-hydrogen) atoms. The Kier molecular flexibility index (Phi) is 5.43. The second kappa shape index (κ2) is 6.38. The first-order chi connectivity index (χ1) is 7.93. The molecular weight excluding hydrogens is 304 g/mol. The number of carbonyl (C=O) groups is 1. The highest BCUT2D eigenvalue weighted by Gasteiger charge is 2.16. The van der Waals surface area contributed by atoms with Gasteiger partial charge in [0.25, 0.3) is 5.91 Å². The third-order valence-electron chi connectivity index (χ3n) is 2.50. The predicted octanol–water partition coefficient (Wildman–Crippen LogP) is 2.82. The number of amides is 1. The number of hydrogen-bond acceptors (Lipinski definition) is 2. The lowest BCUT2D eigenvalue weighted by Crippen LogP contribution is -2.43. The summed E-state index contributed by atoms with van der Waals surface area (Å²) >= 11 is 9.20. The molecule has 1 unspecified atom stereocenters. The molecule has 0 heterocycles. The smallest absolute Gasteiger partial charge is 0.251 e. The molecule has 0 aliphatic rings. The molecule has 0 radical (unpaired) electrons. The zero-order valence-corrected chi connectivity index (χ0v) is 12.2. The maximum atomic E-state index is 12.0. The summed E-state index contributed by atoms with van der Waals surface area (Å²) in [5.74, 6) is 0.143. The number of nitrogens with two attached hydrogens (primary N) is 1. The molecule has 3 nitrogen and oxygen atoms in total. The van der Waals surface area contributed by atoms with E-state index in [1.165, 1.54) is 0 Å². The second-order valence-corrected chi connectivity index (χ2v) is 5.57. The Morgan fingerprint density at radius 2 is 2.12 bits per heavy atom. The van der Waals surface area contributed by atoms with E-state index in [0.717, 1.165) is 4.47 Å². The highest BCUT2D eigenvalue weighted by molar-refractivity contribution is 9.10. The molecule has 0 saturated heterocycles. The molecular formula is C12H16BrClN2O. The third-order valence-corrected chi connectivity index (χ3v) is 3.18. The van der Waals surface area contributed by atoms with Crippen molar-refractivity contribution in [1.82, 2.24) is 5.32 Å². The number of benzene rings is 1. The third kappa shape index (κ3) is 4.30. The normalized spacial score (nSPS) is 12.6. The van der Waals surface area contributed by atoms with E-state index in [1.807, 2.05) is 13.8 Å². The molecule has 5 heteroatoms. The van der Waals surface area contributed by atoms with E-state index in [9.17, 15) is 4.79 Å². The summed E-state index contributed by atoms with van der Waals surface area (Å²) in [5, 5.41) is 3.42. The van der Waals surface area contributed by atoms with E-state index < -0.39 is 0 Å². The lowest BCUT2D eigenvalue weighted by Gasteiger charge is -2.20. The van der Waals surface area contributed by atoms with Crippen LogP contribution in [0.1, 0.15) is 24.2 Å². The van der Waals surface area contributed by atoms with Gasteiger partial charge in [0.2, 0.25) is 0 Å². The van der Waals surface area contributed by atoms with Crippen molar-refractivity contribution in [3.8, 4) is 0 Å². The van der Waals surface area contributed by atoms with Crippen LogP contribution < -0.4 is 11.1 Å². The minimum Gasteiger partial charge on any atom is -0.348 e. The summed E-state index contributed by atoms with van der Waals surface area (Å²) in [4.78, 5) is 12.0. The summed E-state index contributed by atoms with van der Waals surface area (Å²) in [6.45, 7) is 4.46. The molecule has 1 atom stereocenters. The van der Waals surface area contributed by atoms with Crippen LogP contribution in [-0.2, 0) is 0 Å². The number of carbonyl (C=O) groups excluding carboxylic acids is 1. The van der Waals surface area contributed by atoms with Crippen LogP contribution in [0, 0.1) is 5.92 Å². The van der Waals surface area contributed by atoms with E-state index in [1.54, 1.807) is 18.2 Å². The van der Waals surface area contributed by atoms with Crippen LogP contribution in [0.2, 0.25) is 5.02 Å². The molecule has 3 N–H and O–H groups in total. The molecule has 1 amide bonds. The number of hydrogen-bond donors (Lipinski definition) is 2. The Morgan fingerprint density at radius 1 is 1.47 bits per heavy atom. The van der Waals surface area contributed by atoms with Gasteiger partial charge in [0.05, 0.1) is 0 Å². The molecule has 0 spiro atoms. The minimum atomic E-state index is -0.155. The summed E-state index contributed by atoms with van der Waals surface area (Å²) in [6.07, 6.45) is 0. The SMILES string of the molecule is CC(C)C(CN)NC(=O)c1cc(Cl)cc(Br)c1. The van der Waals surface area contributed by atoms with Gasteiger partial charge in [-0.25, -0.2) is 0 Å². The summed E-state index contributed by atoms with van der Waals surface area (Å²) in [7, 11) is 0. The van der Waals surface area contributed by atoms with Gasteiger partial charge in [0.15, 0.2) is 0 Å². The van der Waals surface area contributed by atoms with Crippen molar-refractivity contribution in [2.24, 2.45) is 11.7 Å². The lowest BCUT2D eigenvalue weighted by atomic mass is 10.0. The van der Waals surface area contributed by atoms with E-state index in [0.29, 0.717) is 23.0 Å². The average Bonchev–Trinajstić information content (AvgIpc) is 2.23.